The largest absolute Gasteiger partial charge is 0.467 e. The minimum absolute atomic E-state index is 0.0700. The van der Waals surface area contributed by atoms with E-state index in [1.807, 2.05) is 0 Å². The summed E-state index contributed by atoms with van der Waals surface area (Å²) in [6.45, 7) is 6.87. The molecule has 0 bridgehead atoms. The summed E-state index contributed by atoms with van der Waals surface area (Å²) < 4.78 is 9.92. The van der Waals surface area contributed by atoms with Crippen LogP contribution in [0.4, 0.5) is 4.79 Å². The van der Waals surface area contributed by atoms with Crippen LogP contribution in [0.2, 0.25) is 0 Å². The monoisotopic (exact) mass is 259 g/mol. The zero-order chi connectivity index (χ0) is 14.1. The maximum Gasteiger partial charge on any atom is 0.411 e. The first-order chi connectivity index (χ1) is 8.10. The average molecular weight is 259 g/mol. The third-order valence-electron chi connectivity index (χ3n) is 2.86. The first kappa shape index (κ1) is 14.8. The summed E-state index contributed by atoms with van der Waals surface area (Å²) in [5.74, 6) is -0.551. The Morgan fingerprint density at radius 1 is 1.39 bits per heavy atom. The van der Waals surface area contributed by atoms with Crippen molar-refractivity contribution in [3.63, 3.8) is 0 Å². The standard InChI is InChI=1S/C12H21NO5/c1-11(2,3)18-10(16)13-7-8(14)6-12(13,4)9(15)17-5/h8,14H,6-7H2,1-5H3/t8?,12-/m0/s1. The van der Waals surface area contributed by atoms with Crippen LogP contribution >= 0.6 is 0 Å². The van der Waals surface area contributed by atoms with Crippen molar-refractivity contribution >= 4 is 12.1 Å². The molecule has 1 amide bonds. The number of aliphatic hydroxyl groups excluding tert-OH is 1. The number of ether oxygens (including phenoxy) is 2. The number of esters is 1. The summed E-state index contributed by atoms with van der Waals surface area (Å²) in [5.41, 5.74) is -1.82. The van der Waals surface area contributed by atoms with Crippen LogP contribution in [-0.2, 0) is 14.3 Å². The topological polar surface area (TPSA) is 76.1 Å². The van der Waals surface area contributed by atoms with E-state index in [9.17, 15) is 14.7 Å². The van der Waals surface area contributed by atoms with E-state index >= 15 is 0 Å². The molecule has 0 aliphatic carbocycles. The zero-order valence-electron chi connectivity index (χ0n) is 11.5. The van der Waals surface area contributed by atoms with Gasteiger partial charge >= 0.3 is 12.1 Å². The Labute approximate surface area is 107 Å². The second-order valence-corrected chi connectivity index (χ2v) is 5.71. The third kappa shape index (κ3) is 2.93. The molecule has 1 heterocycles. The highest BCUT2D eigenvalue weighted by Crippen LogP contribution is 2.31. The van der Waals surface area contributed by atoms with E-state index in [1.165, 1.54) is 12.0 Å². The molecule has 6 heteroatoms. The molecule has 0 radical (unpaired) electrons. The molecule has 1 N–H and O–H groups in total. The van der Waals surface area contributed by atoms with Crippen LogP contribution in [0.1, 0.15) is 34.1 Å². The van der Waals surface area contributed by atoms with Gasteiger partial charge in [0.25, 0.3) is 0 Å². The van der Waals surface area contributed by atoms with Crippen LogP contribution in [-0.4, -0.2) is 53.0 Å². The van der Waals surface area contributed by atoms with Gasteiger partial charge < -0.3 is 14.6 Å². The number of β-amino-alcohol motifs (C(OH)–C–C–N with tert-alkyl or cyclic N) is 1. The fourth-order valence-electron chi connectivity index (χ4n) is 2.05. The SMILES string of the molecule is COC(=O)[C@]1(C)CC(O)CN1C(=O)OC(C)(C)C. The quantitative estimate of drug-likeness (QED) is 0.709. The number of aliphatic hydroxyl groups is 1. The molecule has 18 heavy (non-hydrogen) atoms. The average Bonchev–Trinajstić information content (AvgIpc) is 2.51. The van der Waals surface area contributed by atoms with E-state index in [0.29, 0.717) is 0 Å². The molecule has 1 fully saturated rings. The molecule has 1 aliphatic rings. The van der Waals surface area contributed by atoms with E-state index in [1.54, 1.807) is 27.7 Å². The molecule has 1 unspecified atom stereocenters. The summed E-state index contributed by atoms with van der Waals surface area (Å²) >= 11 is 0. The molecule has 6 nitrogen and oxygen atoms in total. The van der Waals surface area contributed by atoms with Gasteiger partial charge in [0, 0.05) is 6.42 Å². The Kier molecular flexibility index (Phi) is 3.90. The summed E-state index contributed by atoms with van der Waals surface area (Å²) in [6, 6.07) is 0. The van der Waals surface area contributed by atoms with Crippen LogP contribution in [0.15, 0.2) is 0 Å². The fourth-order valence-corrected chi connectivity index (χ4v) is 2.05. The van der Waals surface area contributed by atoms with E-state index < -0.39 is 29.3 Å². The number of rotatable bonds is 1. The molecule has 0 spiro atoms. The van der Waals surface area contributed by atoms with Crippen molar-refractivity contribution in [2.75, 3.05) is 13.7 Å². The lowest BCUT2D eigenvalue weighted by Crippen LogP contribution is -2.52. The molecule has 0 aromatic rings. The Morgan fingerprint density at radius 2 is 1.94 bits per heavy atom. The normalized spacial score (nSPS) is 28.1. The van der Waals surface area contributed by atoms with E-state index in [-0.39, 0.29) is 13.0 Å². The van der Waals surface area contributed by atoms with Crippen LogP contribution in [0.3, 0.4) is 0 Å². The van der Waals surface area contributed by atoms with Gasteiger partial charge in [0.2, 0.25) is 0 Å². The number of nitrogens with zero attached hydrogens (tertiary/aromatic N) is 1. The van der Waals surface area contributed by atoms with Gasteiger partial charge in [0.15, 0.2) is 0 Å². The number of amides is 1. The Balaban J connectivity index is 2.92. The van der Waals surface area contributed by atoms with Crippen LogP contribution in [0.25, 0.3) is 0 Å². The van der Waals surface area contributed by atoms with Gasteiger partial charge in [-0.2, -0.15) is 0 Å². The Morgan fingerprint density at radius 3 is 2.39 bits per heavy atom. The summed E-state index contributed by atoms with van der Waals surface area (Å²) in [5, 5.41) is 9.67. The number of likely N-dealkylation sites (tertiary alicyclic amines) is 1. The smallest absolute Gasteiger partial charge is 0.411 e. The maximum atomic E-state index is 12.0. The highest BCUT2D eigenvalue weighted by atomic mass is 16.6. The van der Waals surface area contributed by atoms with Gasteiger partial charge in [-0.15, -0.1) is 0 Å². The summed E-state index contributed by atoms with van der Waals surface area (Å²) in [6.07, 6.45) is -1.22. The van der Waals surface area contributed by atoms with Crippen LogP contribution < -0.4 is 0 Å². The molecule has 1 rings (SSSR count). The van der Waals surface area contributed by atoms with E-state index in [0.717, 1.165) is 0 Å². The molecule has 1 aliphatic heterocycles. The lowest BCUT2D eigenvalue weighted by molar-refractivity contribution is -0.152. The summed E-state index contributed by atoms with van der Waals surface area (Å²) in [7, 11) is 1.26. The molecule has 1 saturated heterocycles. The Bertz CT molecular complexity index is 349. The Hall–Kier alpha value is -1.30. The number of hydrogen-bond acceptors (Lipinski definition) is 5. The van der Waals surface area contributed by atoms with Gasteiger partial charge in [-0.1, -0.05) is 0 Å². The van der Waals surface area contributed by atoms with Gasteiger partial charge in [-0.25, -0.2) is 9.59 Å². The maximum absolute atomic E-state index is 12.0. The van der Waals surface area contributed by atoms with E-state index in [4.69, 9.17) is 9.47 Å². The van der Waals surface area contributed by atoms with Crippen molar-refractivity contribution in [1.29, 1.82) is 0 Å². The minimum atomic E-state index is -1.17. The first-order valence-corrected chi connectivity index (χ1v) is 5.87. The second-order valence-electron chi connectivity index (χ2n) is 5.71. The van der Waals surface area contributed by atoms with Crippen molar-refractivity contribution in [1.82, 2.24) is 4.90 Å². The fraction of sp³-hybridized carbons (Fsp3) is 0.833. The molecular formula is C12H21NO5. The van der Waals surface area contributed by atoms with Crippen molar-refractivity contribution in [2.45, 2.75) is 51.4 Å². The predicted octanol–water partition coefficient (Wildman–Crippen LogP) is 0.920. The van der Waals surface area contributed by atoms with Gasteiger partial charge in [-0.3, -0.25) is 4.90 Å². The molecule has 0 saturated carbocycles. The number of carbonyl (C=O) groups excluding carboxylic acids is 2. The van der Waals surface area contributed by atoms with Gasteiger partial charge in [-0.05, 0) is 27.7 Å². The molecule has 0 aromatic carbocycles. The lowest BCUT2D eigenvalue weighted by atomic mass is 9.98. The van der Waals surface area contributed by atoms with Crippen LogP contribution in [0, 0.1) is 0 Å². The lowest BCUT2D eigenvalue weighted by Gasteiger charge is -2.33. The van der Waals surface area contributed by atoms with Crippen LogP contribution in [0.5, 0.6) is 0 Å². The first-order valence-electron chi connectivity index (χ1n) is 5.87. The van der Waals surface area contributed by atoms with E-state index in [2.05, 4.69) is 0 Å². The van der Waals surface area contributed by atoms with Crippen molar-refractivity contribution in [3.8, 4) is 0 Å². The highest BCUT2D eigenvalue weighted by Gasteiger charge is 2.51. The zero-order valence-corrected chi connectivity index (χ0v) is 11.5. The predicted molar refractivity (Wildman–Crippen MR) is 64.0 cm³/mol. The number of carbonyl (C=O) groups is 2. The van der Waals surface area contributed by atoms with Crippen molar-refractivity contribution < 1.29 is 24.2 Å². The molecular weight excluding hydrogens is 238 g/mol. The molecule has 104 valence electrons. The second kappa shape index (κ2) is 4.76. The number of methoxy groups -OCH3 is 1. The van der Waals surface area contributed by atoms with Gasteiger partial charge in [0.05, 0.1) is 19.8 Å². The molecule has 2 atom stereocenters. The van der Waals surface area contributed by atoms with Gasteiger partial charge in [0.1, 0.15) is 11.1 Å². The summed E-state index contributed by atoms with van der Waals surface area (Å²) in [4.78, 5) is 25.0. The minimum Gasteiger partial charge on any atom is -0.467 e. The highest BCUT2D eigenvalue weighted by molar-refractivity contribution is 5.86. The molecule has 0 aromatic heterocycles. The third-order valence-corrected chi connectivity index (χ3v) is 2.86. The number of hydrogen-bond donors (Lipinski definition) is 1. The van der Waals surface area contributed by atoms with Crippen molar-refractivity contribution in [2.24, 2.45) is 0 Å². The van der Waals surface area contributed by atoms with Crippen molar-refractivity contribution in [3.05, 3.63) is 0 Å².